The number of aromatic nitrogens is 3. The second kappa shape index (κ2) is 9.89. The Bertz CT molecular complexity index is 1410. The number of H-pyrrole nitrogens is 1. The van der Waals surface area contributed by atoms with Crippen LogP contribution in [0.25, 0.3) is 5.78 Å². The lowest BCUT2D eigenvalue weighted by Gasteiger charge is -2.19. The molecule has 35 heavy (non-hydrogen) atoms. The predicted molar refractivity (Wildman–Crippen MR) is 111 cm³/mol. The molecular weight excluding hydrogens is 566 g/mol. The number of ether oxygens (including phenoxy) is 1. The summed E-state index contributed by atoms with van der Waals surface area (Å²) in [5.74, 6) is -1.26. The quantitative estimate of drug-likeness (QED) is 0.120. The molecule has 1 aliphatic heterocycles. The number of aliphatic hydroxyl groups is 2. The van der Waals surface area contributed by atoms with Gasteiger partial charge in [0, 0.05) is 11.8 Å². The van der Waals surface area contributed by atoms with Gasteiger partial charge in [0.2, 0.25) is 11.7 Å². The molecule has 1 saturated heterocycles. The molecule has 0 saturated carbocycles. The zero-order valence-electron chi connectivity index (χ0n) is 17.1. The maximum absolute atomic E-state index is 14.5. The molecular formula is C13H17FN3O14P3S. The monoisotopic (exact) mass is 583 g/mol. The minimum atomic E-state index is -5.77. The standard InChI is InChI=1S/C13H17FN3O14P3S/c1-4-10(14)17-2-5(12(35)16-13(17)15-11(4)20)9-8(19)7(18)6(29-9)3-28-33(24,25)31-34(26,27)30-32(21,22)23/h2,6-9,18-19H,3H2,1H3,(H,24,25)(H,26,27)(H2,21,22,23)(H,15,16,20,35)/t6-,7?,8+,9+/m1/s1. The molecule has 3 rings (SSSR count). The molecule has 2 aromatic rings. The fourth-order valence-corrected chi connectivity index (χ4v) is 6.27. The average molecular weight is 583 g/mol. The van der Waals surface area contributed by atoms with Crippen LogP contribution in [0.1, 0.15) is 17.2 Å². The summed E-state index contributed by atoms with van der Waals surface area (Å²) in [5, 5.41) is 20.6. The number of hydrogen-bond donors (Lipinski definition) is 7. The zero-order chi connectivity index (χ0) is 26.5. The Morgan fingerprint density at radius 3 is 2.40 bits per heavy atom. The summed E-state index contributed by atoms with van der Waals surface area (Å²) >= 11 is 5.08. The van der Waals surface area contributed by atoms with Gasteiger partial charge in [0.25, 0.3) is 5.56 Å². The van der Waals surface area contributed by atoms with Gasteiger partial charge in [-0.3, -0.25) is 18.7 Å². The number of aromatic amines is 1. The van der Waals surface area contributed by atoms with Crippen LogP contribution >= 0.6 is 35.7 Å². The molecule has 3 unspecified atom stereocenters. The van der Waals surface area contributed by atoms with Crippen molar-refractivity contribution >= 4 is 41.5 Å². The van der Waals surface area contributed by atoms with Crippen LogP contribution in [0.5, 0.6) is 0 Å². The number of hydrogen-bond acceptors (Lipinski definition) is 12. The number of aliphatic hydroxyl groups excluding tert-OH is 2. The molecule has 0 bridgehead atoms. The highest BCUT2D eigenvalue weighted by Crippen LogP contribution is 2.66. The van der Waals surface area contributed by atoms with Crippen molar-refractivity contribution in [1.29, 1.82) is 0 Å². The molecule has 0 aliphatic carbocycles. The Morgan fingerprint density at radius 1 is 1.17 bits per heavy atom. The second-order valence-electron chi connectivity index (χ2n) is 7.03. The first-order valence-electron chi connectivity index (χ1n) is 9.02. The van der Waals surface area contributed by atoms with Gasteiger partial charge in [-0.15, -0.1) is 0 Å². The van der Waals surface area contributed by atoms with E-state index in [9.17, 15) is 38.0 Å². The third-order valence-corrected chi connectivity index (χ3v) is 8.65. The Labute approximate surface area is 198 Å². The summed E-state index contributed by atoms with van der Waals surface area (Å²) in [4.78, 5) is 53.6. The minimum absolute atomic E-state index is 0.116. The summed E-state index contributed by atoms with van der Waals surface area (Å²) in [6, 6.07) is 0. The van der Waals surface area contributed by atoms with Crippen LogP contribution in [0.15, 0.2) is 11.0 Å². The largest absolute Gasteiger partial charge is 0.490 e. The molecule has 1 fully saturated rings. The molecule has 3 heterocycles. The second-order valence-corrected chi connectivity index (χ2v) is 11.8. The summed E-state index contributed by atoms with van der Waals surface area (Å²) in [7, 11) is -16.9. The van der Waals surface area contributed by atoms with Gasteiger partial charge in [-0.2, -0.15) is 13.0 Å². The lowest BCUT2D eigenvalue weighted by molar-refractivity contribution is -0.0226. The van der Waals surface area contributed by atoms with Gasteiger partial charge in [0.1, 0.15) is 29.1 Å². The van der Waals surface area contributed by atoms with Gasteiger partial charge < -0.3 is 34.5 Å². The average Bonchev–Trinajstić information content (AvgIpc) is 2.96. The van der Waals surface area contributed by atoms with Gasteiger partial charge in [-0.25, -0.2) is 18.7 Å². The fourth-order valence-electron chi connectivity index (χ4n) is 2.99. The van der Waals surface area contributed by atoms with Crippen molar-refractivity contribution in [3.05, 3.63) is 38.3 Å². The Morgan fingerprint density at radius 2 is 1.80 bits per heavy atom. The first-order valence-corrected chi connectivity index (χ1v) is 14.0. The molecule has 0 spiro atoms. The van der Waals surface area contributed by atoms with Crippen molar-refractivity contribution < 1.29 is 65.8 Å². The highest BCUT2D eigenvalue weighted by atomic mass is 32.1. The van der Waals surface area contributed by atoms with Gasteiger partial charge >= 0.3 is 23.5 Å². The zero-order valence-corrected chi connectivity index (χ0v) is 20.6. The minimum Gasteiger partial charge on any atom is -0.387 e. The Hall–Kier alpha value is -1.27. The number of phosphoric acid groups is 3. The first-order chi connectivity index (χ1) is 15.9. The lowest BCUT2D eigenvalue weighted by Crippen LogP contribution is -2.33. The number of fused-ring (bicyclic) bond motifs is 1. The molecule has 7 N–H and O–H groups in total. The summed E-state index contributed by atoms with van der Waals surface area (Å²) in [6.07, 6.45) is -5.56. The van der Waals surface area contributed by atoms with Gasteiger partial charge in [0.15, 0.2) is 0 Å². The van der Waals surface area contributed by atoms with Crippen molar-refractivity contribution in [3.8, 4) is 0 Å². The first kappa shape index (κ1) is 28.3. The molecule has 0 aromatic carbocycles. The van der Waals surface area contributed by atoms with Crippen molar-refractivity contribution in [3.63, 3.8) is 0 Å². The Balaban J connectivity index is 1.80. The molecule has 22 heteroatoms. The highest BCUT2D eigenvalue weighted by molar-refractivity contribution is 7.71. The molecule has 17 nitrogen and oxygen atoms in total. The topological polar surface area (TPSA) is 260 Å². The number of nitrogens with zero attached hydrogens (tertiary/aromatic N) is 2. The smallest absolute Gasteiger partial charge is 0.387 e. The summed E-state index contributed by atoms with van der Waals surface area (Å²) in [6.45, 7) is 0.144. The fraction of sp³-hybridized carbons (Fsp3) is 0.462. The molecule has 1 aliphatic rings. The van der Waals surface area contributed by atoms with Crippen molar-refractivity contribution in [2.75, 3.05) is 6.61 Å². The number of nitrogens with one attached hydrogen (secondary N) is 1. The van der Waals surface area contributed by atoms with Crippen LogP contribution in [-0.2, 0) is 31.6 Å². The number of halogens is 1. The molecule has 2 aromatic heterocycles. The maximum Gasteiger partial charge on any atom is 0.490 e. The lowest BCUT2D eigenvalue weighted by atomic mass is 10.0. The predicted octanol–water partition coefficient (Wildman–Crippen LogP) is -0.295. The number of rotatable bonds is 8. The van der Waals surface area contributed by atoms with Gasteiger partial charge in [-0.05, 0) is 6.92 Å². The van der Waals surface area contributed by atoms with E-state index in [0.717, 1.165) is 10.6 Å². The van der Waals surface area contributed by atoms with E-state index in [-0.39, 0.29) is 21.5 Å². The van der Waals surface area contributed by atoms with E-state index in [0.29, 0.717) is 0 Å². The SMILES string of the molecule is Cc1c(F)n2cc([C@@H]3O[C@H](COP(=O)(O)OP(=O)(O)OP(=O)(O)O)C(O)[C@@H]3O)c(=S)nc2[nH]c1=O. The van der Waals surface area contributed by atoms with Gasteiger partial charge in [0.05, 0.1) is 12.2 Å². The Kier molecular flexibility index (Phi) is 8.00. The van der Waals surface area contributed by atoms with E-state index in [2.05, 4.69) is 23.1 Å². The van der Waals surface area contributed by atoms with E-state index in [1.165, 1.54) is 6.92 Å². The van der Waals surface area contributed by atoms with Crippen LogP contribution in [0.2, 0.25) is 0 Å². The van der Waals surface area contributed by atoms with E-state index < -0.39 is 66.0 Å². The van der Waals surface area contributed by atoms with E-state index in [4.69, 9.17) is 31.6 Å². The molecule has 0 radical (unpaired) electrons. The van der Waals surface area contributed by atoms with E-state index in [1.54, 1.807) is 0 Å². The summed E-state index contributed by atoms with van der Waals surface area (Å²) in [5.41, 5.74) is -1.15. The van der Waals surface area contributed by atoms with E-state index >= 15 is 0 Å². The van der Waals surface area contributed by atoms with Gasteiger partial charge in [-0.1, -0.05) is 12.2 Å². The molecule has 0 amide bonds. The van der Waals surface area contributed by atoms with Crippen molar-refractivity contribution in [2.45, 2.75) is 31.3 Å². The van der Waals surface area contributed by atoms with Crippen LogP contribution in [0.4, 0.5) is 4.39 Å². The molecule has 196 valence electrons. The summed E-state index contributed by atoms with van der Waals surface area (Å²) < 4.78 is 65.9. The maximum atomic E-state index is 14.5. The van der Waals surface area contributed by atoms with Crippen LogP contribution < -0.4 is 5.56 Å². The molecule has 6 atom stereocenters. The normalized spacial score (nSPS) is 26.5. The third kappa shape index (κ3) is 6.54. The van der Waals surface area contributed by atoms with Crippen molar-refractivity contribution in [1.82, 2.24) is 14.4 Å². The number of phosphoric ester groups is 1. The van der Waals surface area contributed by atoms with Crippen LogP contribution in [0, 0.1) is 17.5 Å². The van der Waals surface area contributed by atoms with Crippen molar-refractivity contribution in [2.24, 2.45) is 0 Å². The van der Waals surface area contributed by atoms with Crippen LogP contribution in [0.3, 0.4) is 0 Å². The van der Waals surface area contributed by atoms with E-state index in [1.807, 2.05) is 0 Å². The highest BCUT2D eigenvalue weighted by Gasteiger charge is 2.46. The third-order valence-electron chi connectivity index (χ3n) is 4.52. The van der Waals surface area contributed by atoms with Crippen LogP contribution in [-0.4, -0.2) is 69.1 Å².